The van der Waals surface area contributed by atoms with Gasteiger partial charge in [0.25, 0.3) is 5.56 Å². The summed E-state index contributed by atoms with van der Waals surface area (Å²) in [5.74, 6) is -1.58. The number of anilines is 2. The Morgan fingerprint density at radius 2 is 1.85 bits per heavy atom. The Balaban J connectivity index is 1.53. The van der Waals surface area contributed by atoms with Crippen LogP contribution in [0.3, 0.4) is 0 Å². The van der Waals surface area contributed by atoms with Crippen LogP contribution in [-0.4, -0.2) is 84.3 Å². The van der Waals surface area contributed by atoms with E-state index in [1.807, 2.05) is 30.6 Å². The van der Waals surface area contributed by atoms with E-state index in [2.05, 4.69) is 16.0 Å². The molecule has 3 aromatic rings. The van der Waals surface area contributed by atoms with Gasteiger partial charge in [0.1, 0.15) is 6.54 Å². The van der Waals surface area contributed by atoms with Gasteiger partial charge in [0.2, 0.25) is 5.91 Å². The number of carboxylic acid groups (broad SMARTS) is 1. The molecule has 2 N–H and O–H groups in total. The summed E-state index contributed by atoms with van der Waals surface area (Å²) in [4.78, 5) is 45.6. The number of amides is 1. The second kappa shape index (κ2) is 13.8. The molecule has 2 aromatic heterocycles. The number of hydrogen-bond acceptors (Lipinski definition) is 8. The van der Waals surface area contributed by atoms with Crippen LogP contribution in [0.5, 0.6) is 0 Å². The van der Waals surface area contributed by atoms with E-state index in [1.54, 1.807) is 4.90 Å². The van der Waals surface area contributed by atoms with Gasteiger partial charge in [0.15, 0.2) is 0 Å². The highest BCUT2D eigenvalue weighted by atomic mass is 16.5. The molecule has 1 amide bonds. The molecule has 1 fully saturated rings. The number of aliphatic carboxylic acids is 1. The lowest BCUT2D eigenvalue weighted by atomic mass is 9.95. The van der Waals surface area contributed by atoms with Gasteiger partial charge in [-0.25, -0.2) is 0 Å². The van der Waals surface area contributed by atoms with E-state index in [1.165, 1.54) is 18.3 Å². The Morgan fingerprint density at radius 1 is 1.05 bits per heavy atom. The first-order chi connectivity index (χ1) is 19.0. The number of aliphatic hydroxyl groups is 1. The number of aromatic nitrogens is 2. The maximum absolute atomic E-state index is 13.9. The van der Waals surface area contributed by atoms with Gasteiger partial charge in [0.05, 0.1) is 56.5 Å². The first kappa shape index (κ1) is 28.2. The van der Waals surface area contributed by atoms with Gasteiger partial charge < -0.3 is 34.1 Å². The lowest BCUT2D eigenvalue weighted by Crippen LogP contribution is -2.46. The molecule has 0 aliphatic carbocycles. The number of piperidine rings is 1. The van der Waals surface area contributed by atoms with E-state index in [0.717, 1.165) is 34.0 Å². The van der Waals surface area contributed by atoms with Crippen molar-refractivity contribution in [3.8, 4) is 0 Å². The van der Waals surface area contributed by atoms with Crippen molar-refractivity contribution in [2.45, 2.75) is 19.4 Å². The molecule has 1 aromatic carbocycles. The summed E-state index contributed by atoms with van der Waals surface area (Å²) in [5, 5.41) is 20.1. The fraction of sp³-hybridized carbons (Fsp3) is 0.429. The molecule has 0 spiro atoms. The minimum Gasteiger partial charge on any atom is -0.480 e. The van der Waals surface area contributed by atoms with Crippen LogP contribution in [0.4, 0.5) is 11.4 Å². The second-order valence-electron chi connectivity index (χ2n) is 9.35. The van der Waals surface area contributed by atoms with Gasteiger partial charge in [-0.05, 0) is 18.9 Å². The third-order valence-corrected chi connectivity index (χ3v) is 6.68. The normalized spacial score (nSPS) is 15.4. The topological polar surface area (TPSA) is 134 Å². The first-order valence-electron chi connectivity index (χ1n) is 13.1. The molecule has 208 valence electrons. The van der Waals surface area contributed by atoms with Crippen molar-refractivity contribution in [2.24, 2.45) is 5.92 Å². The summed E-state index contributed by atoms with van der Waals surface area (Å²) in [6.45, 7) is 2.02. The zero-order valence-electron chi connectivity index (χ0n) is 21.8. The smallest absolute Gasteiger partial charge is 0.323 e. The molecule has 0 bridgehead atoms. The van der Waals surface area contributed by atoms with Gasteiger partial charge in [-0.3, -0.25) is 19.4 Å². The Morgan fingerprint density at radius 3 is 2.64 bits per heavy atom. The Labute approximate surface area is 226 Å². The zero-order chi connectivity index (χ0) is 27.6. The molecule has 0 saturated carbocycles. The highest BCUT2D eigenvalue weighted by molar-refractivity contribution is 5.96. The van der Waals surface area contributed by atoms with Crippen molar-refractivity contribution >= 4 is 34.0 Å². The molecule has 11 heteroatoms. The Kier molecular flexibility index (Phi) is 10.0. The Bertz CT molecular complexity index is 1320. The predicted molar refractivity (Wildman–Crippen MR) is 146 cm³/mol. The first-order valence-corrected chi connectivity index (χ1v) is 13.1. The quantitative estimate of drug-likeness (QED) is 0.312. The van der Waals surface area contributed by atoms with Crippen LogP contribution in [0.1, 0.15) is 12.8 Å². The molecule has 1 unspecified atom stereocenters. The lowest BCUT2D eigenvalue weighted by molar-refractivity contribution is -0.137. The molecule has 1 aliphatic rings. The fourth-order valence-electron chi connectivity index (χ4n) is 4.83. The summed E-state index contributed by atoms with van der Waals surface area (Å²) in [7, 11) is 0. The minimum absolute atomic E-state index is 0.0679. The van der Waals surface area contributed by atoms with Gasteiger partial charge >= 0.3 is 5.97 Å². The SMILES string of the molecule is O=C(O)Cn1cc(N(CCOCCOCCO)C(=O)C2CCCN(c3cncc4ccccc34)C2)ccc1=O. The number of carbonyl (C=O) groups excluding carboxylic acids is 1. The number of fused-ring (bicyclic) bond motifs is 1. The number of carboxylic acids is 1. The van der Waals surface area contributed by atoms with Crippen LogP contribution in [-0.2, 0) is 25.6 Å². The number of ether oxygens (including phenoxy) is 2. The minimum atomic E-state index is -1.15. The average Bonchev–Trinajstić information content (AvgIpc) is 2.95. The van der Waals surface area contributed by atoms with Gasteiger partial charge in [0, 0.05) is 48.9 Å². The van der Waals surface area contributed by atoms with Crippen LogP contribution in [0.25, 0.3) is 10.8 Å². The largest absolute Gasteiger partial charge is 0.480 e. The third kappa shape index (κ3) is 7.41. The van der Waals surface area contributed by atoms with Crippen molar-refractivity contribution < 1.29 is 29.3 Å². The number of nitrogens with zero attached hydrogens (tertiary/aromatic N) is 4. The molecule has 0 radical (unpaired) electrons. The highest BCUT2D eigenvalue weighted by Gasteiger charge is 2.31. The second-order valence-corrected chi connectivity index (χ2v) is 9.35. The number of aliphatic hydroxyl groups excluding tert-OH is 1. The molecule has 3 heterocycles. The van der Waals surface area contributed by atoms with E-state index in [9.17, 15) is 19.5 Å². The van der Waals surface area contributed by atoms with Crippen LogP contribution >= 0.6 is 0 Å². The van der Waals surface area contributed by atoms with E-state index in [4.69, 9.17) is 14.6 Å². The van der Waals surface area contributed by atoms with Crippen molar-refractivity contribution in [3.63, 3.8) is 0 Å². The van der Waals surface area contributed by atoms with Crippen molar-refractivity contribution in [3.05, 3.63) is 65.3 Å². The molecular weight excluding hydrogens is 504 g/mol. The fourth-order valence-corrected chi connectivity index (χ4v) is 4.83. The van der Waals surface area contributed by atoms with Crippen LogP contribution in [0.15, 0.2) is 59.8 Å². The summed E-state index contributed by atoms with van der Waals surface area (Å²) in [5.41, 5.74) is 0.960. The number of pyridine rings is 2. The predicted octanol–water partition coefficient (Wildman–Crippen LogP) is 1.76. The van der Waals surface area contributed by atoms with Crippen LogP contribution in [0.2, 0.25) is 0 Å². The number of hydrogen-bond donors (Lipinski definition) is 2. The molecule has 39 heavy (non-hydrogen) atoms. The monoisotopic (exact) mass is 538 g/mol. The summed E-state index contributed by atoms with van der Waals surface area (Å²) in [6.07, 6.45) is 6.60. The van der Waals surface area contributed by atoms with E-state index in [0.29, 0.717) is 31.9 Å². The van der Waals surface area contributed by atoms with Gasteiger partial charge in [-0.1, -0.05) is 24.3 Å². The van der Waals surface area contributed by atoms with Gasteiger partial charge in [-0.2, -0.15) is 0 Å². The lowest BCUT2D eigenvalue weighted by Gasteiger charge is -2.36. The third-order valence-electron chi connectivity index (χ3n) is 6.68. The standard InChI is InChI=1S/C28H34N4O7/c33-11-13-39-15-14-38-12-10-32(23-7-8-26(34)31(19-23)20-27(35)36)28(37)22-5-3-9-30(18-22)25-17-29-16-21-4-1-2-6-24(21)25/h1-2,4,6-8,16-17,19,22,33H,3,5,9-15,18,20H2,(H,35,36). The molecule has 11 nitrogen and oxygen atoms in total. The van der Waals surface area contributed by atoms with E-state index in [-0.39, 0.29) is 38.2 Å². The van der Waals surface area contributed by atoms with Crippen molar-refractivity contribution in [1.29, 1.82) is 0 Å². The van der Waals surface area contributed by atoms with Crippen LogP contribution < -0.4 is 15.4 Å². The van der Waals surface area contributed by atoms with E-state index < -0.39 is 18.1 Å². The molecular formula is C28H34N4O7. The summed E-state index contributed by atoms with van der Waals surface area (Å²) < 4.78 is 11.9. The summed E-state index contributed by atoms with van der Waals surface area (Å²) in [6, 6.07) is 10.8. The van der Waals surface area contributed by atoms with Crippen molar-refractivity contribution in [2.75, 3.05) is 62.5 Å². The number of carbonyl (C=O) groups is 2. The number of benzene rings is 1. The maximum atomic E-state index is 13.9. The van der Waals surface area contributed by atoms with Gasteiger partial charge in [-0.15, -0.1) is 0 Å². The zero-order valence-corrected chi connectivity index (χ0v) is 21.8. The van der Waals surface area contributed by atoms with Crippen molar-refractivity contribution in [1.82, 2.24) is 9.55 Å². The molecule has 4 rings (SSSR count). The summed E-state index contributed by atoms with van der Waals surface area (Å²) >= 11 is 0. The molecule has 1 aliphatic heterocycles. The molecule has 1 atom stereocenters. The van der Waals surface area contributed by atoms with Crippen LogP contribution in [0, 0.1) is 5.92 Å². The van der Waals surface area contributed by atoms with E-state index >= 15 is 0 Å². The average molecular weight is 539 g/mol. The molecule has 1 saturated heterocycles. The maximum Gasteiger partial charge on any atom is 0.323 e. The number of rotatable bonds is 13. The Hall–Kier alpha value is -3.80. The highest BCUT2D eigenvalue weighted by Crippen LogP contribution is 2.30.